The van der Waals surface area contributed by atoms with Crippen LogP contribution in [0.3, 0.4) is 0 Å². The molecule has 0 unspecified atom stereocenters. The molecular formula is C24H22F2N6. The standard InChI is InChI=1S/C24H22F2N6/c1-24(5-2-3-6-24)15-32-13-17(12-28-32)19-9-20(26)21(11-27)30-23(19)16-4-7-31-14-18(10-25)29-22(31)8-16/h4,7-9,12-14H,2-3,5-6,10,15H2,1H3. The van der Waals surface area contributed by atoms with Crippen molar-refractivity contribution in [3.63, 3.8) is 0 Å². The number of rotatable bonds is 5. The van der Waals surface area contributed by atoms with E-state index in [9.17, 15) is 14.0 Å². The van der Waals surface area contributed by atoms with E-state index in [-0.39, 0.29) is 11.1 Å². The number of nitrogens with zero attached hydrogens (tertiary/aromatic N) is 6. The highest BCUT2D eigenvalue weighted by atomic mass is 19.1. The fourth-order valence-corrected chi connectivity index (χ4v) is 4.62. The molecule has 0 N–H and O–H groups in total. The number of pyridine rings is 2. The van der Waals surface area contributed by atoms with Crippen molar-refractivity contribution in [3.8, 4) is 28.5 Å². The number of hydrogen-bond acceptors (Lipinski definition) is 4. The Bertz CT molecular complexity index is 1340. The largest absolute Gasteiger partial charge is 0.307 e. The van der Waals surface area contributed by atoms with Gasteiger partial charge in [-0.2, -0.15) is 10.4 Å². The second kappa shape index (κ2) is 7.83. The van der Waals surface area contributed by atoms with Crippen molar-refractivity contribution in [3.05, 3.63) is 60.2 Å². The van der Waals surface area contributed by atoms with Crippen molar-refractivity contribution >= 4 is 5.65 Å². The Morgan fingerprint density at radius 3 is 2.72 bits per heavy atom. The third-order valence-electron chi connectivity index (χ3n) is 6.30. The van der Waals surface area contributed by atoms with E-state index >= 15 is 0 Å². The van der Waals surface area contributed by atoms with Gasteiger partial charge < -0.3 is 4.40 Å². The molecule has 4 aromatic heterocycles. The first kappa shape index (κ1) is 20.3. The highest BCUT2D eigenvalue weighted by Crippen LogP contribution is 2.39. The molecule has 4 heterocycles. The Morgan fingerprint density at radius 1 is 1.16 bits per heavy atom. The summed E-state index contributed by atoms with van der Waals surface area (Å²) < 4.78 is 31.2. The van der Waals surface area contributed by atoms with Crippen molar-refractivity contribution in [2.75, 3.05) is 0 Å². The van der Waals surface area contributed by atoms with E-state index < -0.39 is 12.5 Å². The van der Waals surface area contributed by atoms with Gasteiger partial charge in [-0.25, -0.2) is 18.7 Å². The number of aromatic nitrogens is 5. The van der Waals surface area contributed by atoms with Crippen LogP contribution in [0.1, 0.15) is 44.0 Å². The molecule has 0 atom stereocenters. The zero-order chi connectivity index (χ0) is 22.3. The molecule has 0 spiro atoms. The normalized spacial score (nSPS) is 15.3. The van der Waals surface area contributed by atoms with Crippen LogP contribution in [-0.2, 0) is 13.2 Å². The number of nitriles is 1. The fraction of sp³-hybridized carbons (Fsp3) is 0.333. The van der Waals surface area contributed by atoms with Crippen LogP contribution in [0.5, 0.6) is 0 Å². The molecule has 1 aliphatic carbocycles. The molecule has 1 aliphatic rings. The maximum Gasteiger partial charge on any atom is 0.176 e. The molecule has 4 aromatic rings. The zero-order valence-electron chi connectivity index (χ0n) is 17.7. The van der Waals surface area contributed by atoms with Gasteiger partial charge in [0, 0.05) is 41.8 Å². The summed E-state index contributed by atoms with van der Waals surface area (Å²) in [5.41, 5.74) is 3.22. The molecule has 1 fully saturated rings. The molecule has 0 radical (unpaired) electrons. The molecule has 0 saturated heterocycles. The van der Waals surface area contributed by atoms with E-state index in [4.69, 9.17) is 0 Å². The lowest BCUT2D eigenvalue weighted by Crippen LogP contribution is -2.19. The van der Waals surface area contributed by atoms with E-state index in [0.717, 1.165) is 12.1 Å². The summed E-state index contributed by atoms with van der Waals surface area (Å²) in [6.07, 6.45) is 11.8. The monoisotopic (exact) mass is 432 g/mol. The summed E-state index contributed by atoms with van der Waals surface area (Å²) in [4.78, 5) is 8.57. The lowest BCUT2D eigenvalue weighted by atomic mass is 9.89. The Labute approximate surface area is 184 Å². The van der Waals surface area contributed by atoms with Crippen molar-refractivity contribution in [1.29, 1.82) is 5.26 Å². The highest BCUT2D eigenvalue weighted by Gasteiger charge is 2.29. The first-order valence-corrected chi connectivity index (χ1v) is 10.7. The Balaban J connectivity index is 1.59. The third kappa shape index (κ3) is 3.64. The average molecular weight is 432 g/mol. The van der Waals surface area contributed by atoms with Crippen molar-refractivity contribution in [2.45, 2.75) is 45.8 Å². The summed E-state index contributed by atoms with van der Waals surface area (Å²) in [5.74, 6) is -0.677. The van der Waals surface area contributed by atoms with E-state index in [2.05, 4.69) is 22.0 Å². The SMILES string of the molecule is CC1(Cn2cc(-c3cc(F)c(C#N)nc3-c3ccn4cc(CF)nc4c3)cn2)CCCC1. The summed E-state index contributed by atoms with van der Waals surface area (Å²) in [6, 6.07) is 6.71. The maximum absolute atomic E-state index is 14.6. The van der Waals surface area contributed by atoms with Crippen LogP contribution in [-0.4, -0.2) is 24.1 Å². The number of imidazole rings is 1. The lowest BCUT2D eigenvalue weighted by Gasteiger charge is -2.22. The summed E-state index contributed by atoms with van der Waals surface area (Å²) in [6.45, 7) is 2.43. The lowest BCUT2D eigenvalue weighted by molar-refractivity contribution is 0.268. The molecule has 32 heavy (non-hydrogen) atoms. The van der Waals surface area contributed by atoms with E-state index in [0.29, 0.717) is 28.2 Å². The van der Waals surface area contributed by atoms with E-state index in [1.54, 1.807) is 35.1 Å². The Hall–Kier alpha value is -3.60. The van der Waals surface area contributed by atoms with Gasteiger partial charge in [-0.3, -0.25) is 4.68 Å². The topological polar surface area (TPSA) is 71.8 Å². The zero-order valence-corrected chi connectivity index (χ0v) is 17.7. The van der Waals surface area contributed by atoms with Crippen molar-refractivity contribution in [1.82, 2.24) is 24.1 Å². The fourth-order valence-electron chi connectivity index (χ4n) is 4.62. The predicted molar refractivity (Wildman–Crippen MR) is 116 cm³/mol. The van der Waals surface area contributed by atoms with Crippen LogP contribution in [0.2, 0.25) is 0 Å². The molecule has 0 aromatic carbocycles. The second-order valence-corrected chi connectivity index (χ2v) is 8.82. The molecule has 162 valence electrons. The molecule has 0 bridgehead atoms. The molecular weight excluding hydrogens is 410 g/mol. The summed E-state index contributed by atoms with van der Waals surface area (Å²) >= 11 is 0. The number of halogens is 2. The van der Waals surface area contributed by atoms with E-state index in [1.165, 1.54) is 31.7 Å². The average Bonchev–Trinajstić information content (AvgIpc) is 3.52. The second-order valence-electron chi connectivity index (χ2n) is 8.82. The molecule has 0 aliphatic heterocycles. The van der Waals surface area contributed by atoms with Crippen molar-refractivity contribution in [2.24, 2.45) is 5.41 Å². The summed E-state index contributed by atoms with van der Waals surface area (Å²) in [7, 11) is 0. The molecule has 1 saturated carbocycles. The van der Waals surface area contributed by atoms with Crippen molar-refractivity contribution < 1.29 is 8.78 Å². The molecule has 8 heteroatoms. The first-order chi connectivity index (χ1) is 15.5. The summed E-state index contributed by atoms with van der Waals surface area (Å²) in [5, 5.41) is 13.8. The molecule has 0 amide bonds. The number of alkyl halides is 1. The van der Waals surface area contributed by atoms with Gasteiger partial charge in [-0.05, 0) is 36.5 Å². The first-order valence-electron chi connectivity index (χ1n) is 10.7. The van der Waals surface area contributed by atoms with Gasteiger partial charge in [-0.1, -0.05) is 19.8 Å². The smallest absolute Gasteiger partial charge is 0.176 e. The maximum atomic E-state index is 14.6. The van der Waals surface area contributed by atoms with Crippen LogP contribution >= 0.6 is 0 Å². The minimum atomic E-state index is -0.677. The Morgan fingerprint density at radius 2 is 1.97 bits per heavy atom. The van der Waals surface area contributed by atoms with Gasteiger partial charge >= 0.3 is 0 Å². The molecule has 5 rings (SSSR count). The third-order valence-corrected chi connectivity index (χ3v) is 6.30. The van der Waals surface area contributed by atoms with Gasteiger partial charge in [0.05, 0.1) is 17.6 Å². The van der Waals surface area contributed by atoms with Gasteiger partial charge in [0.15, 0.2) is 11.5 Å². The van der Waals surface area contributed by atoms with Crippen LogP contribution in [0.25, 0.3) is 28.0 Å². The molecule has 6 nitrogen and oxygen atoms in total. The van der Waals surface area contributed by atoms with Crippen LogP contribution in [0.4, 0.5) is 8.78 Å². The van der Waals surface area contributed by atoms with Crippen LogP contribution < -0.4 is 0 Å². The van der Waals surface area contributed by atoms with Gasteiger partial charge in [0.25, 0.3) is 0 Å². The van der Waals surface area contributed by atoms with Gasteiger partial charge in [0.2, 0.25) is 0 Å². The van der Waals surface area contributed by atoms with Gasteiger partial charge in [0.1, 0.15) is 18.4 Å². The Kier molecular flexibility index (Phi) is 4.97. The number of hydrogen-bond donors (Lipinski definition) is 0. The van der Waals surface area contributed by atoms with Gasteiger partial charge in [-0.15, -0.1) is 0 Å². The minimum Gasteiger partial charge on any atom is -0.307 e. The quantitative estimate of drug-likeness (QED) is 0.428. The van der Waals surface area contributed by atoms with E-state index in [1.807, 2.05) is 16.9 Å². The van der Waals surface area contributed by atoms with Crippen LogP contribution in [0.15, 0.2) is 43.0 Å². The predicted octanol–water partition coefficient (Wildman–Crippen LogP) is 5.32. The minimum absolute atomic E-state index is 0.222. The highest BCUT2D eigenvalue weighted by molar-refractivity contribution is 5.81. The van der Waals surface area contributed by atoms with Crippen LogP contribution in [0, 0.1) is 22.6 Å². The number of fused-ring (bicyclic) bond motifs is 1.